The van der Waals surface area contributed by atoms with Crippen LogP contribution in [0.15, 0.2) is 4.99 Å². The zero-order chi connectivity index (χ0) is 11.4. The number of amidine groups is 1. The van der Waals surface area contributed by atoms with Crippen LogP contribution in [-0.4, -0.2) is 24.6 Å². The molecule has 14 heavy (non-hydrogen) atoms. The molecule has 0 unspecified atom stereocenters. The molecule has 0 saturated carbocycles. The molecule has 0 aromatic carbocycles. The summed E-state index contributed by atoms with van der Waals surface area (Å²) in [6.07, 6.45) is 0. The van der Waals surface area contributed by atoms with Gasteiger partial charge in [-0.25, -0.2) is 0 Å². The summed E-state index contributed by atoms with van der Waals surface area (Å²) < 4.78 is 5.53. The molecule has 0 aliphatic rings. The van der Waals surface area contributed by atoms with Crippen molar-refractivity contribution in [2.45, 2.75) is 47.1 Å². The molecule has 0 atom stereocenters. The normalized spacial score (nSPS) is 14.6. The van der Waals surface area contributed by atoms with Crippen molar-refractivity contribution in [3.05, 3.63) is 0 Å². The van der Waals surface area contributed by atoms with Crippen molar-refractivity contribution in [1.29, 1.82) is 0 Å². The van der Waals surface area contributed by atoms with Crippen LogP contribution in [0.5, 0.6) is 0 Å². The van der Waals surface area contributed by atoms with Gasteiger partial charge >= 0.3 is 0 Å². The third-order valence-electron chi connectivity index (χ3n) is 1.93. The zero-order valence-electron chi connectivity index (χ0n) is 10.3. The Morgan fingerprint density at radius 1 is 1.21 bits per heavy atom. The van der Waals surface area contributed by atoms with Gasteiger partial charge < -0.3 is 10.5 Å². The van der Waals surface area contributed by atoms with E-state index in [1.54, 1.807) is 0 Å². The third kappa shape index (κ3) is 5.22. The number of hydrogen-bond acceptors (Lipinski definition) is 2. The highest BCUT2D eigenvalue weighted by atomic mass is 16.5. The lowest BCUT2D eigenvalue weighted by atomic mass is 9.95. The molecule has 0 aliphatic carbocycles. The van der Waals surface area contributed by atoms with Crippen molar-refractivity contribution in [1.82, 2.24) is 0 Å². The fourth-order valence-electron chi connectivity index (χ4n) is 0.949. The molecule has 0 rings (SSSR count). The van der Waals surface area contributed by atoms with Crippen molar-refractivity contribution >= 4 is 5.84 Å². The topological polar surface area (TPSA) is 47.6 Å². The highest BCUT2D eigenvalue weighted by molar-refractivity contribution is 5.85. The number of nitrogens with zero attached hydrogens (tertiary/aromatic N) is 1. The van der Waals surface area contributed by atoms with Crippen molar-refractivity contribution in [3.8, 4) is 0 Å². The minimum atomic E-state index is -0.218. The van der Waals surface area contributed by atoms with E-state index in [1.807, 2.05) is 20.8 Å². The summed E-state index contributed by atoms with van der Waals surface area (Å²) >= 11 is 0. The van der Waals surface area contributed by atoms with Crippen LogP contribution in [0.3, 0.4) is 0 Å². The first-order chi connectivity index (χ1) is 6.19. The Morgan fingerprint density at radius 2 is 1.71 bits per heavy atom. The molecule has 84 valence electrons. The predicted molar refractivity (Wildman–Crippen MR) is 61.6 cm³/mol. The van der Waals surface area contributed by atoms with Gasteiger partial charge in [0.15, 0.2) is 0 Å². The second-order valence-corrected chi connectivity index (χ2v) is 5.14. The summed E-state index contributed by atoms with van der Waals surface area (Å²) in [5, 5.41) is 0. The van der Waals surface area contributed by atoms with Crippen LogP contribution in [-0.2, 0) is 4.74 Å². The van der Waals surface area contributed by atoms with Crippen molar-refractivity contribution in [2.75, 3.05) is 13.2 Å². The lowest BCUT2D eigenvalue weighted by Gasteiger charge is -2.24. The lowest BCUT2D eigenvalue weighted by molar-refractivity contribution is -0.00220. The first-order valence-corrected chi connectivity index (χ1v) is 5.13. The maximum atomic E-state index is 5.85. The lowest BCUT2D eigenvalue weighted by Crippen LogP contribution is -2.33. The van der Waals surface area contributed by atoms with Crippen LogP contribution in [0.2, 0.25) is 0 Å². The SMILES string of the molecule is CCOC(C)(C)CN=C(N)C(C)(C)C. The van der Waals surface area contributed by atoms with Gasteiger partial charge in [-0.05, 0) is 20.8 Å². The van der Waals surface area contributed by atoms with Crippen LogP contribution in [0.1, 0.15) is 41.5 Å². The molecule has 2 N–H and O–H groups in total. The fraction of sp³-hybridized carbons (Fsp3) is 0.909. The summed E-state index contributed by atoms with van der Waals surface area (Å²) in [7, 11) is 0. The standard InChI is InChI=1S/C11H24N2O/c1-7-14-11(5,6)8-13-9(12)10(2,3)4/h7-8H2,1-6H3,(H2,12,13). The van der Waals surface area contributed by atoms with E-state index in [2.05, 4.69) is 25.8 Å². The molecule has 0 amide bonds. The van der Waals surface area contributed by atoms with E-state index in [4.69, 9.17) is 10.5 Å². The molecular weight excluding hydrogens is 176 g/mol. The van der Waals surface area contributed by atoms with Crippen molar-refractivity contribution < 1.29 is 4.74 Å². The Morgan fingerprint density at radius 3 is 2.07 bits per heavy atom. The van der Waals surface area contributed by atoms with Gasteiger partial charge in [0, 0.05) is 12.0 Å². The molecule has 0 aromatic rings. The molecule has 3 heteroatoms. The van der Waals surface area contributed by atoms with E-state index in [9.17, 15) is 0 Å². The van der Waals surface area contributed by atoms with Gasteiger partial charge in [0.05, 0.1) is 18.0 Å². The fourth-order valence-corrected chi connectivity index (χ4v) is 0.949. The number of aliphatic imine (C=N–C) groups is 1. The van der Waals surface area contributed by atoms with E-state index in [1.165, 1.54) is 0 Å². The Kier molecular flexibility index (Phi) is 4.59. The van der Waals surface area contributed by atoms with Gasteiger partial charge in [-0.15, -0.1) is 0 Å². The number of ether oxygens (including phenoxy) is 1. The Hall–Kier alpha value is -0.570. The molecule has 0 bridgehead atoms. The smallest absolute Gasteiger partial charge is 0.0992 e. The molecule has 0 aliphatic heterocycles. The summed E-state index contributed by atoms with van der Waals surface area (Å²) in [6.45, 7) is 13.5. The molecule has 0 fully saturated rings. The largest absolute Gasteiger partial charge is 0.387 e. The van der Waals surface area contributed by atoms with Gasteiger partial charge in [-0.1, -0.05) is 20.8 Å². The quantitative estimate of drug-likeness (QED) is 0.558. The maximum Gasteiger partial charge on any atom is 0.0992 e. The van der Waals surface area contributed by atoms with Gasteiger partial charge in [0.25, 0.3) is 0 Å². The Bertz CT molecular complexity index is 202. The first kappa shape index (κ1) is 13.4. The van der Waals surface area contributed by atoms with Gasteiger partial charge in [-0.3, -0.25) is 4.99 Å². The van der Waals surface area contributed by atoms with Crippen molar-refractivity contribution in [3.63, 3.8) is 0 Å². The summed E-state index contributed by atoms with van der Waals surface area (Å²) in [6, 6.07) is 0. The number of rotatable bonds is 4. The first-order valence-electron chi connectivity index (χ1n) is 5.13. The average molecular weight is 200 g/mol. The van der Waals surface area contributed by atoms with E-state index in [-0.39, 0.29) is 11.0 Å². The van der Waals surface area contributed by atoms with Crippen LogP contribution in [0, 0.1) is 5.41 Å². The summed E-state index contributed by atoms with van der Waals surface area (Å²) in [4.78, 5) is 4.36. The molecule has 0 saturated heterocycles. The molecule has 0 heterocycles. The Labute approximate surface area is 87.7 Å². The van der Waals surface area contributed by atoms with Crippen LogP contribution in [0.25, 0.3) is 0 Å². The predicted octanol–water partition coefficient (Wildman–Crippen LogP) is 2.20. The minimum absolute atomic E-state index is 0.0533. The highest BCUT2D eigenvalue weighted by Crippen LogP contribution is 2.15. The monoisotopic (exact) mass is 200 g/mol. The van der Waals surface area contributed by atoms with Gasteiger partial charge in [0.2, 0.25) is 0 Å². The average Bonchev–Trinajstić information content (AvgIpc) is 1.98. The Balaban J connectivity index is 4.28. The second-order valence-electron chi connectivity index (χ2n) is 5.14. The minimum Gasteiger partial charge on any atom is -0.387 e. The van der Waals surface area contributed by atoms with E-state index >= 15 is 0 Å². The van der Waals surface area contributed by atoms with E-state index in [0.717, 1.165) is 0 Å². The summed E-state index contributed by atoms with van der Waals surface area (Å²) in [5.74, 6) is 0.685. The van der Waals surface area contributed by atoms with Gasteiger partial charge in [0.1, 0.15) is 0 Å². The van der Waals surface area contributed by atoms with E-state index in [0.29, 0.717) is 19.0 Å². The van der Waals surface area contributed by atoms with Crippen molar-refractivity contribution in [2.24, 2.45) is 16.1 Å². The molecule has 0 aromatic heterocycles. The second kappa shape index (κ2) is 4.78. The highest BCUT2D eigenvalue weighted by Gasteiger charge is 2.20. The molecule has 0 spiro atoms. The molecule has 3 nitrogen and oxygen atoms in total. The van der Waals surface area contributed by atoms with Gasteiger partial charge in [-0.2, -0.15) is 0 Å². The van der Waals surface area contributed by atoms with Crippen LogP contribution >= 0.6 is 0 Å². The van der Waals surface area contributed by atoms with Crippen LogP contribution in [0.4, 0.5) is 0 Å². The molecular formula is C11H24N2O. The maximum absolute atomic E-state index is 5.85. The van der Waals surface area contributed by atoms with Crippen LogP contribution < -0.4 is 5.73 Å². The number of hydrogen-bond donors (Lipinski definition) is 1. The zero-order valence-corrected chi connectivity index (χ0v) is 10.3. The summed E-state index contributed by atoms with van der Waals surface area (Å²) in [5.41, 5.74) is 5.58. The third-order valence-corrected chi connectivity index (χ3v) is 1.93. The van der Waals surface area contributed by atoms with E-state index < -0.39 is 0 Å². The number of nitrogens with two attached hydrogens (primary N) is 1. The molecule has 0 radical (unpaired) electrons.